The van der Waals surface area contributed by atoms with Crippen LogP contribution in [0.4, 0.5) is 0 Å². The molecule has 3 rings (SSSR count). The average Bonchev–Trinajstić information content (AvgIpc) is 2.96. The van der Waals surface area contributed by atoms with E-state index in [4.69, 9.17) is 4.74 Å². The molecule has 0 atom stereocenters. The zero-order chi connectivity index (χ0) is 12.9. The van der Waals surface area contributed by atoms with Crippen molar-refractivity contribution in [3.05, 3.63) is 31.0 Å². The molecule has 0 aromatic carbocycles. The van der Waals surface area contributed by atoms with E-state index in [1.807, 2.05) is 17.1 Å². The lowest BCUT2D eigenvalue weighted by Gasteiger charge is -2.26. The summed E-state index contributed by atoms with van der Waals surface area (Å²) >= 11 is 0. The third-order valence-corrected chi connectivity index (χ3v) is 3.24. The summed E-state index contributed by atoms with van der Waals surface area (Å²) in [4.78, 5) is 10.7. The van der Waals surface area contributed by atoms with Crippen LogP contribution < -0.4 is 0 Å². The topological polar surface area (TPSA) is 56.1 Å². The molecule has 0 aliphatic carbocycles. The molecule has 0 spiro atoms. The second-order valence-electron chi connectivity index (χ2n) is 4.54. The monoisotopic (exact) mass is 259 g/mol. The molecule has 0 unspecified atom stereocenters. The Bertz CT molecular complexity index is 507. The first-order valence-electron chi connectivity index (χ1n) is 6.51. The number of morpholine rings is 1. The van der Waals surface area contributed by atoms with Crippen LogP contribution in [-0.4, -0.2) is 57.5 Å². The zero-order valence-corrected chi connectivity index (χ0v) is 10.8. The van der Waals surface area contributed by atoms with Gasteiger partial charge in [0.25, 0.3) is 0 Å². The lowest BCUT2D eigenvalue weighted by Crippen LogP contribution is -2.38. The van der Waals surface area contributed by atoms with Crippen LogP contribution >= 0.6 is 0 Å². The van der Waals surface area contributed by atoms with Crippen LogP contribution in [0.5, 0.6) is 0 Å². The van der Waals surface area contributed by atoms with Crippen molar-refractivity contribution in [3.8, 4) is 11.3 Å². The smallest absolute Gasteiger partial charge is 0.0916 e. The van der Waals surface area contributed by atoms with Gasteiger partial charge in [-0.2, -0.15) is 5.10 Å². The van der Waals surface area contributed by atoms with E-state index in [-0.39, 0.29) is 0 Å². The maximum Gasteiger partial charge on any atom is 0.0916 e. The number of aromatic nitrogens is 4. The predicted octanol–water partition coefficient (Wildman–Crippen LogP) is 0.672. The van der Waals surface area contributed by atoms with Gasteiger partial charge in [0.1, 0.15) is 0 Å². The lowest BCUT2D eigenvalue weighted by molar-refractivity contribution is 0.0360. The van der Waals surface area contributed by atoms with Crippen LogP contribution in [0.1, 0.15) is 0 Å². The first-order valence-corrected chi connectivity index (χ1v) is 6.51. The van der Waals surface area contributed by atoms with Gasteiger partial charge in [0.2, 0.25) is 0 Å². The van der Waals surface area contributed by atoms with Gasteiger partial charge in [0.05, 0.1) is 37.8 Å². The summed E-state index contributed by atoms with van der Waals surface area (Å²) in [6.45, 7) is 5.59. The number of ether oxygens (including phenoxy) is 1. The molecular weight excluding hydrogens is 242 g/mol. The van der Waals surface area contributed by atoms with Crippen molar-refractivity contribution in [1.29, 1.82) is 0 Å². The maximum absolute atomic E-state index is 5.33. The highest BCUT2D eigenvalue weighted by molar-refractivity contribution is 5.55. The third kappa shape index (κ3) is 3.15. The van der Waals surface area contributed by atoms with Gasteiger partial charge in [-0.25, -0.2) is 0 Å². The van der Waals surface area contributed by atoms with Crippen LogP contribution in [0.25, 0.3) is 11.3 Å². The van der Waals surface area contributed by atoms with Crippen LogP contribution in [0.2, 0.25) is 0 Å². The Hall–Kier alpha value is -1.79. The molecule has 0 saturated carbocycles. The standard InChI is InChI=1S/C13H17N5O/c1-2-15-13(10-14-1)12-9-16-18(11-12)4-3-17-5-7-19-8-6-17/h1-2,9-11H,3-8H2. The van der Waals surface area contributed by atoms with Gasteiger partial charge >= 0.3 is 0 Å². The highest BCUT2D eigenvalue weighted by atomic mass is 16.5. The Balaban J connectivity index is 1.59. The molecule has 0 N–H and O–H groups in total. The fourth-order valence-electron chi connectivity index (χ4n) is 2.13. The highest BCUT2D eigenvalue weighted by Crippen LogP contribution is 2.13. The van der Waals surface area contributed by atoms with E-state index in [0.29, 0.717) is 0 Å². The summed E-state index contributed by atoms with van der Waals surface area (Å²) in [6.07, 6.45) is 8.98. The molecule has 2 aromatic heterocycles. The minimum Gasteiger partial charge on any atom is -0.379 e. The predicted molar refractivity (Wildman–Crippen MR) is 70.5 cm³/mol. The molecule has 3 heterocycles. The van der Waals surface area contributed by atoms with E-state index in [2.05, 4.69) is 20.0 Å². The third-order valence-electron chi connectivity index (χ3n) is 3.24. The SMILES string of the molecule is c1cnc(-c2cnn(CCN3CCOCC3)c2)cn1. The fourth-order valence-corrected chi connectivity index (χ4v) is 2.13. The quantitative estimate of drug-likeness (QED) is 0.808. The van der Waals surface area contributed by atoms with Gasteiger partial charge in [0, 0.05) is 43.8 Å². The fraction of sp³-hybridized carbons (Fsp3) is 0.462. The van der Waals surface area contributed by atoms with Gasteiger partial charge in [-0.3, -0.25) is 19.5 Å². The molecule has 100 valence electrons. The first kappa shape index (κ1) is 12.3. The molecule has 1 aliphatic rings. The molecule has 19 heavy (non-hydrogen) atoms. The molecule has 6 nitrogen and oxygen atoms in total. The number of hydrogen-bond acceptors (Lipinski definition) is 5. The molecule has 1 aliphatic heterocycles. The Morgan fingerprint density at radius 1 is 1.11 bits per heavy atom. The van der Waals surface area contributed by atoms with Gasteiger partial charge in [-0.15, -0.1) is 0 Å². The van der Waals surface area contributed by atoms with Crippen molar-refractivity contribution in [1.82, 2.24) is 24.6 Å². The van der Waals surface area contributed by atoms with Crippen molar-refractivity contribution in [2.45, 2.75) is 6.54 Å². The van der Waals surface area contributed by atoms with Gasteiger partial charge in [-0.1, -0.05) is 0 Å². The second-order valence-corrected chi connectivity index (χ2v) is 4.54. The van der Waals surface area contributed by atoms with Crippen molar-refractivity contribution in [2.24, 2.45) is 0 Å². The molecule has 1 saturated heterocycles. The van der Waals surface area contributed by atoms with Crippen molar-refractivity contribution in [3.63, 3.8) is 0 Å². The van der Waals surface area contributed by atoms with E-state index in [0.717, 1.165) is 50.7 Å². The molecule has 2 aromatic rings. The molecule has 0 bridgehead atoms. The summed E-state index contributed by atoms with van der Waals surface area (Å²) in [6, 6.07) is 0. The first-order chi connectivity index (χ1) is 9.42. The average molecular weight is 259 g/mol. The van der Waals surface area contributed by atoms with Gasteiger partial charge in [0.15, 0.2) is 0 Å². The molecule has 0 radical (unpaired) electrons. The van der Waals surface area contributed by atoms with Crippen LogP contribution in [0, 0.1) is 0 Å². The summed E-state index contributed by atoms with van der Waals surface area (Å²) in [5.74, 6) is 0. The Kier molecular flexibility index (Phi) is 3.81. The number of rotatable bonds is 4. The van der Waals surface area contributed by atoms with E-state index in [1.54, 1.807) is 18.6 Å². The number of hydrogen-bond donors (Lipinski definition) is 0. The van der Waals surface area contributed by atoms with Crippen LogP contribution in [0.15, 0.2) is 31.0 Å². The molecule has 6 heteroatoms. The summed E-state index contributed by atoms with van der Waals surface area (Å²) in [5, 5.41) is 4.37. The van der Waals surface area contributed by atoms with Crippen LogP contribution in [-0.2, 0) is 11.3 Å². The lowest BCUT2D eigenvalue weighted by atomic mass is 10.3. The molecule has 1 fully saturated rings. The largest absolute Gasteiger partial charge is 0.379 e. The Morgan fingerprint density at radius 3 is 2.79 bits per heavy atom. The van der Waals surface area contributed by atoms with Crippen LogP contribution in [0.3, 0.4) is 0 Å². The van der Waals surface area contributed by atoms with E-state index < -0.39 is 0 Å². The minimum atomic E-state index is 0.837. The van der Waals surface area contributed by atoms with Gasteiger partial charge in [-0.05, 0) is 0 Å². The summed E-state index contributed by atoms with van der Waals surface area (Å²) < 4.78 is 7.29. The van der Waals surface area contributed by atoms with Crippen molar-refractivity contribution >= 4 is 0 Å². The van der Waals surface area contributed by atoms with E-state index >= 15 is 0 Å². The number of nitrogens with zero attached hydrogens (tertiary/aromatic N) is 5. The summed E-state index contributed by atoms with van der Waals surface area (Å²) in [7, 11) is 0. The van der Waals surface area contributed by atoms with E-state index in [1.165, 1.54) is 0 Å². The Labute approximate surface area is 112 Å². The molecular formula is C13H17N5O. The van der Waals surface area contributed by atoms with Gasteiger partial charge < -0.3 is 4.74 Å². The van der Waals surface area contributed by atoms with Crippen molar-refractivity contribution < 1.29 is 4.74 Å². The van der Waals surface area contributed by atoms with E-state index in [9.17, 15) is 0 Å². The minimum absolute atomic E-state index is 0.837. The second kappa shape index (κ2) is 5.90. The Morgan fingerprint density at radius 2 is 2.00 bits per heavy atom. The summed E-state index contributed by atoms with van der Waals surface area (Å²) in [5.41, 5.74) is 1.87. The molecule has 0 amide bonds. The zero-order valence-electron chi connectivity index (χ0n) is 10.8. The van der Waals surface area contributed by atoms with Crippen molar-refractivity contribution in [2.75, 3.05) is 32.8 Å². The normalized spacial score (nSPS) is 16.6. The highest BCUT2D eigenvalue weighted by Gasteiger charge is 2.10. The maximum atomic E-state index is 5.33.